The number of anilines is 1. The molecule has 2 amide bonds. The first-order valence-electron chi connectivity index (χ1n) is 8.99. The van der Waals surface area contributed by atoms with Gasteiger partial charge in [-0.2, -0.15) is 0 Å². The molecule has 0 unspecified atom stereocenters. The number of imide groups is 1. The van der Waals surface area contributed by atoms with Gasteiger partial charge >= 0.3 is 5.97 Å². The zero-order chi connectivity index (χ0) is 21.3. The number of ketones is 1. The van der Waals surface area contributed by atoms with Gasteiger partial charge in [-0.25, -0.2) is 9.69 Å². The fourth-order valence-corrected chi connectivity index (χ4v) is 3.23. The minimum absolute atomic E-state index is 0.194. The first-order valence-corrected chi connectivity index (χ1v) is 9.37. The molecule has 0 N–H and O–H groups in total. The smallest absolute Gasteiger partial charge is 0.338 e. The number of nitrogens with zero attached hydrogens (tertiary/aromatic N) is 1. The number of rotatable bonds is 5. The number of halogens is 1. The molecule has 0 aliphatic carbocycles. The number of amides is 2. The molecule has 3 aromatic rings. The number of esters is 1. The normalized spacial score (nSPS) is 12.6. The monoisotopic (exact) mass is 419 g/mol. The molecule has 0 spiro atoms. The van der Waals surface area contributed by atoms with Crippen LogP contribution in [0.3, 0.4) is 0 Å². The summed E-state index contributed by atoms with van der Waals surface area (Å²) in [5.41, 5.74) is 1.60. The van der Waals surface area contributed by atoms with Gasteiger partial charge in [-0.1, -0.05) is 23.7 Å². The highest BCUT2D eigenvalue weighted by Crippen LogP contribution is 2.28. The van der Waals surface area contributed by atoms with Crippen molar-refractivity contribution in [2.75, 3.05) is 11.5 Å². The second kappa shape index (κ2) is 7.93. The Kier molecular flexibility index (Phi) is 5.16. The molecular formula is C23H14ClNO5. The van der Waals surface area contributed by atoms with Crippen LogP contribution in [0.2, 0.25) is 5.02 Å². The van der Waals surface area contributed by atoms with E-state index >= 15 is 0 Å². The molecule has 6 nitrogen and oxygen atoms in total. The zero-order valence-electron chi connectivity index (χ0n) is 15.5. The van der Waals surface area contributed by atoms with Crippen molar-refractivity contribution in [3.05, 3.63) is 100 Å². The predicted octanol–water partition coefficient (Wildman–Crippen LogP) is 4.18. The maximum Gasteiger partial charge on any atom is 0.338 e. The third-order valence-electron chi connectivity index (χ3n) is 4.66. The fourth-order valence-electron chi connectivity index (χ4n) is 3.10. The van der Waals surface area contributed by atoms with Crippen LogP contribution in [-0.4, -0.2) is 30.2 Å². The van der Waals surface area contributed by atoms with E-state index in [1.165, 1.54) is 24.3 Å². The van der Waals surface area contributed by atoms with Crippen molar-refractivity contribution in [3.63, 3.8) is 0 Å². The summed E-state index contributed by atoms with van der Waals surface area (Å²) in [6.07, 6.45) is 0. The molecule has 0 fully saturated rings. The van der Waals surface area contributed by atoms with Crippen LogP contribution in [0.25, 0.3) is 0 Å². The van der Waals surface area contributed by atoms with Gasteiger partial charge in [-0.15, -0.1) is 0 Å². The minimum atomic E-state index is -0.689. The molecule has 3 aromatic carbocycles. The van der Waals surface area contributed by atoms with Gasteiger partial charge in [0, 0.05) is 10.6 Å². The van der Waals surface area contributed by atoms with E-state index in [0.29, 0.717) is 27.4 Å². The van der Waals surface area contributed by atoms with Gasteiger partial charge in [0.2, 0.25) is 0 Å². The fraction of sp³-hybridized carbons (Fsp3) is 0.0435. The highest BCUT2D eigenvalue weighted by molar-refractivity contribution is 6.34. The largest absolute Gasteiger partial charge is 0.454 e. The third kappa shape index (κ3) is 3.60. The number of Topliss-reactive ketones (excluding diaryl/α,β-unsaturated/α-hetero) is 1. The number of hydrogen-bond donors (Lipinski definition) is 0. The van der Waals surface area contributed by atoms with Gasteiger partial charge in [0.15, 0.2) is 12.4 Å². The summed E-state index contributed by atoms with van der Waals surface area (Å²) < 4.78 is 5.06. The number of ether oxygens (including phenoxy) is 1. The average molecular weight is 420 g/mol. The summed E-state index contributed by atoms with van der Waals surface area (Å²) in [4.78, 5) is 50.4. The van der Waals surface area contributed by atoms with E-state index < -0.39 is 24.4 Å². The first-order chi connectivity index (χ1) is 14.5. The quantitative estimate of drug-likeness (QED) is 0.352. The van der Waals surface area contributed by atoms with Crippen LogP contribution in [-0.2, 0) is 4.74 Å². The zero-order valence-corrected chi connectivity index (χ0v) is 16.3. The van der Waals surface area contributed by atoms with Crippen LogP contribution >= 0.6 is 11.6 Å². The molecule has 1 aliphatic heterocycles. The van der Waals surface area contributed by atoms with Crippen LogP contribution in [0.1, 0.15) is 41.4 Å². The second-order valence-corrected chi connectivity index (χ2v) is 6.98. The second-order valence-electron chi connectivity index (χ2n) is 6.54. The minimum Gasteiger partial charge on any atom is -0.454 e. The van der Waals surface area contributed by atoms with Crippen molar-refractivity contribution in [1.82, 2.24) is 0 Å². The highest BCUT2D eigenvalue weighted by atomic mass is 35.5. The van der Waals surface area contributed by atoms with Crippen molar-refractivity contribution in [2.45, 2.75) is 0 Å². The highest BCUT2D eigenvalue weighted by Gasteiger charge is 2.36. The lowest BCUT2D eigenvalue weighted by molar-refractivity contribution is 0.0474. The summed E-state index contributed by atoms with van der Waals surface area (Å²) in [5.74, 6) is -1.88. The van der Waals surface area contributed by atoms with Crippen molar-refractivity contribution in [2.24, 2.45) is 0 Å². The lowest BCUT2D eigenvalue weighted by Gasteiger charge is -2.14. The van der Waals surface area contributed by atoms with E-state index in [0.717, 1.165) is 4.90 Å². The lowest BCUT2D eigenvalue weighted by atomic mass is 10.1. The van der Waals surface area contributed by atoms with E-state index in [9.17, 15) is 19.2 Å². The Morgan fingerprint density at radius 3 is 1.87 bits per heavy atom. The Bertz CT molecular complexity index is 1130. The molecule has 30 heavy (non-hydrogen) atoms. The standard InChI is InChI=1S/C23H14ClNO5/c24-16-9-5-14(6-10-16)20(26)13-30-23(29)15-7-11-17(12-8-15)25-21(27)18-3-1-2-4-19(18)22(25)28/h1-12H,13H2. The SMILES string of the molecule is O=C(COC(=O)c1ccc(N2C(=O)c3ccccc3C2=O)cc1)c1ccc(Cl)cc1. The third-order valence-corrected chi connectivity index (χ3v) is 4.91. The number of hydrogen-bond acceptors (Lipinski definition) is 5. The lowest BCUT2D eigenvalue weighted by Crippen LogP contribution is -2.29. The van der Waals surface area contributed by atoms with E-state index in [2.05, 4.69) is 0 Å². The van der Waals surface area contributed by atoms with Crippen LogP contribution in [0, 0.1) is 0 Å². The Hall–Kier alpha value is -3.77. The Balaban J connectivity index is 1.43. The molecule has 0 saturated heterocycles. The molecule has 1 heterocycles. The molecule has 1 aliphatic rings. The van der Waals surface area contributed by atoms with Crippen molar-refractivity contribution < 1.29 is 23.9 Å². The molecule has 7 heteroatoms. The van der Waals surface area contributed by atoms with Crippen LogP contribution in [0.5, 0.6) is 0 Å². The summed E-state index contributed by atoms with van der Waals surface area (Å²) in [5, 5.41) is 0.502. The maximum absolute atomic E-state index is 12.5. The maximum atomic E-state index is 12.5. The van der Waals surface area contributed by atoms with Gasteiger partial charge < -0.3 is 4.74 Å². The van der Waals surface area contributed by atoms with Crippen molar-refractivity contribution in [1.29, 1.82) is 0 Å². The molecule has 0 aromatic heterocycles. The molecule has 4 rings (SSSR count). The van der Waals surface area contributed by atoms with Gasteiger partial charge in [0.25, 0.3) is 11.8 Å². The van der Waals surface area contributed by atoms with E-state index in [1.807, 2.05) is 0 Å². The Morgan fingerprint density at radius 2 is 1.30 bits per heavy atom. The molecular weight excluding hydrogens is 406 g/mol. The molecule has 0 radical (unpaired) electrons. The molecule has 148 valence electrons. The van der Waals surface area contributed by atoms with Crippen LogP contribution in [0.15, 0.2) is 72.8 Å². The van der Waals surface area contributed by atoms with Crippen LogP contribution < -0.4 is 4.90 Å². The number of carbonyl (C=O) groups is 4. The molecule has 0 bridgehead atoms. The first kappa shape index (κ1) is 19.5. The number of benzene rings is 3. The van der Waals surface area contributed by atoms with E-state index in [1.54, 1.807) is 48.5 Å². The topological polar surface area (TPSA) is 80.8 Å². The summed E-state index contributed by atoms with van der Waals surface area (Å²) in [6, 6.07) is 18.7. The summed E-state index contributed by atoms with van der Waals surface area (Å²) >= 11 is 5.79. The Morgan fingerprint density at radius 1 is 0.767 bits per heavy atom. The molecule has 0 atom stereocenters. The van der Waals surface area contributed by atoms with Gasteiger partial charge in [-0.3, -0.25) is 14.4 Å². The Labute approximate surface area is 176 Å². The van der Waals surface area contributed by atoms with Gasteiger partial charge in [-0.05, 0) is 60.7 Å². The van der Waals surface area contributed by atoms with E-state index in [4.69, 9.17) is 16.3 Å². The summed E-state index contributed by atoms with van der Waals surface area (Å²) in [6.45, 7) is -0.416. The number of fused-ring (bicyclic) bond motifs is 1. The van der Waals surface area contributed by atoms with E-state index in [-0.39, 0.29) is 11.3 Å². The van der Waals surface area contributed by atoms with Crippen molar-refractivity contribution in [3.8, 4) is 0 Å². The average Bonchev–Trinajstić information content (AvgIpc) is 3.03. The van der Waals surface area contributed by atoms with Crippen molar-refractivity contribution >= 4 is 40.9 Å². The summed E-state index contributed by atoms with van der Waals surface area (Å²) in [7, 11) is 0. The van der Waals surface area contributed by atoms with Gasteiger partial charge in [0.05, 0.1) is 22.4 Å². The molecule has 0 saturated carbocycles. The van der Waals surface area contributed by atoms with Gasteiger partial charge in [0.1, 0.15) is 0 Å². The predicted molar refractivity (Wildman–Crippen MR) is 110 cm³/mol. The van der Waals surface area contributed by atoms with Crippen LogP contribution in [0.4, 0.5) is 5.69 Å². The number of carbonyl (C=O) groups excluding carboxylic acids is 4.